The number of nitrogens with two attached hydrogens (primary N) is 1. The first-order chi connectivity index (χ1) is 8.47. The Hall–Kier alpha value is -1.40. The summed E-state index contributed by atoms with van der Waals surface area (Å²) in [5.74, 6) is -2.07. The van der Waals surface area contributed by atoms with Crippen molar-refractivity contribution in [1.29, 1.82) is 0 Å². The topological polar surface area (TPSA) is 50.9 Å². The van der Waals surface area contributed by atoms with Gasteiger partial charge in [0.05, 0.1) is 10.4 Å². The Morgan fingerprint density at radius 3 is 2.72 bits per heavy atom. The van der Waals surface area contributed by atoms with E-state index < -0.39 is 11.6 Å². The van der Waals surface area contributed by atoms with Gasteiger partial charge in [0.15, 0.2) is 23.3 Å². The third kappa shape index (κ3) is 2.70. The number of anilines is 2. The summed E-state index contributed by atoms with van der Waals surface area (Å²) in [6, 6.07) is 4.09. The molecule has 0 aliphatic carbocycles. The Morgan fingerprint density at radius 2 is 2.11 bits per heavy atom. The predicted molar refractivity (Wildman–Crippen MR) is 69.9 cm³/mol. The summed E-state index contributed by atoms with van der Waals surface area (Å²) in [6.45, 7) is 1.82. The van der Waals surface area contributed by atoms with Gasteiger partial charge in [-0.25, -0.2) is 13.8 Å². The predicted octanol–water partition coefficient (Wildman–Crippen LogP) is 3.83. The molecule has 3 N–H and O–H groups in total. The SMILES string of the molecule is CC(Nc1nc(N)c(F)cc1F)c1ccc(Cl)s1. The van der Waals surface area contributed by atoms with Gasteiger partial charge in [-0.1, -0.05) is 11.6 Å². The average molecular weight is 290 g/mol. The van der Waals surface area contributed by atoms with Gasteiger partial charge in [0.25, 0.3) is 0 Å². The number of halogens is 3. The largest absolute Gasteiger partial charge is 0.381 e. The first-order valence-electron chi connectivity index (χ1n) is 5.10. The number of nitrogens with one attached hydrogen (secondary N) is 1. The molecule has 1 unspecified atom stereocenters. The molecule has 0 aromatic carbocycles. The van der Waals surface area contributed by atoms with E-state index in [0.717, 1.165) is 4.88 Å². The van der Waals surface area contributed by atoms with E-state index in [-0.39, 0.29) is 17.7 Å². The maximum Gasteiger partial charge on any atom is 0.168 e. The van der Waals surface area contributed by atoms with Crippen LogP contribution in [0.5, 0.6) is 0 Å². The smallest absolute Gasteiger partial charge is 0.168 e. The van der Waals surface area contributed by atoms with E-state index in [2.05, 4.69) is 10.3 Å². The van der Waals surface area contributed by atoms with Gasteiger partial charge < -0.3 is 11.1 Å². The average Bonchev–Trinajstić information content (AvgIpc) is 2.73. The van der Waals surface area contributed by atoms with Crippen LogP contribution in [0.4, 0.5) is 20.4 Å². The Labute approximate surface area is 112 Å². The van der Waals surface area contributed by atoms with Gasteiger partial charge in [0.2, 0.25) is 0 Å². The van der Waals surface area contributed by atoms with Crippen LogP contribution < -0.4 is 11.1 Å². The third-order valence-corrected chi connectivity index (χ3v) is 3.74. The molecule has 0 fully saturated rings. The lowest BCUT2D eigenvalue weighted by molar-refractivity contribution is 0.578. The second-order valence-electron chi connectivity index (χ2n) is 3.69. The van der Waals surface area contributed by atoms with Gasteiger partial charge in [0, 0.05) is 10.9 Å². The van der Waals surface area contributed by atoms with Gasteiger partial charge in [-0.2, -0.15) is 0 Å². The molecule has 96 valence electrons. The van der Waals surface area contributed by atoms with E-state index >= 15 is 0 Å². The van der Waals surface area contributed by atoms with Gasteiger partial charge in [0.1, 0.15) is 0 Å². The maximum absolute atomic E-state index is 13.5. The highest BCUT2D eigenvalue weighted by atomic mass is 35.5. The van der Waals surface area contributed by atoms with E-state index in [4.69, 9.17) is 17.3 Å². The fourth-order valence-corrected chi connectivity index (χ4v) is 2.48. The summed E-state index contributed by atoms with van der Waals surface area (Å²) in [5.41, 5.74) is 5.30. The van der Waals surface area contributed by atoms with Crippen molar-refractivity contribution in [2.75, 3.05) is 11.1 Å². The zero-order valence-corrected chi connectivity index (χ0v) is 10.9. The summed E-state index contributed by atoms with van der Waals surface area (Å²) in [6.07, 6.45) is 0. The molecule has 0 saturated carbocycles. The van der Waals surface area contributed by atoms with Crippen LogP contribution in [0.15, 0.2) is 18.2 Å². The van der Waals surface area contributed by atoms with Crippen LogP contribution in [0.25, 0.3) is 0 Å². The second-order valence-corrected chi connectivity index (χ2v) is 5.44. The number of nitrogens with zero attached hydrogens (tertiary/aromatic N) is 1. The summed E-state index contributed by atoms with van der Waals surface area (Å²) >= 11 is 7.19. The standard InChI is InChI=1S/C11H10ClF2N3S/c1-5(8-2-3-9(12)18-8)16-11-7(14)4-6(13)10(15)17-11/h2-5H,1H3,(H3,15,16,17). The highest BCUT2D eigenvalue weighted by Gasteiger charge is 2.14. The number of rotatable bonds is 3. The molecule has 0 saturated heterocycles. The van der Waals surface area contributed by atoms with Crippen LogP contribution in [0, 0.1) is 11.6 Å². The van der Waals surface area contributed by atoms with Crippen LogP contribution in [0.1, 0.15) is 17.8 Å². The van der Waals surface area contributed by atoms with E-state index in [1.54, 1.807) is 6.07 Å². The highest BCUT2D eigenvalue weighted by Crippen LogP contribution is 2.29. The fourth-order valence-electron chi connectivity index (χ4n) is 1.42. The van der Waals surface area contributed by atoms with Gasteiger partial charge in [-0.05, 0) is 19.1 Å². The third-order valence-electron chi connectivity index (χ3n) is 2.33. The molecule has 18 heavy (non-hydrogen) atoms. The van der Waals surface area contributed by atoms with Crippen molar-refractivity contribution in [2.24, 2.45) is 0 Å². The van der Waals surface area contributed by atoms with E-state index in [0.29, 0.717) is 10.4 Å². The molecule has 0 amide bonds. The van der Waals surface area contributed by atoms with Crippen molar-refractivity contribution in [3.05, 3.63) is 39.0 Å². The summed E-state index contributed by atoms with van der Waals surface area (Å²) in [5, 5.41) is 2.83. The second kappa shape index (κ2) is 5.07. The molecule has 0 radical (unpaired) electrons. The molecule has 7 heteroatoms. The van der Waals surface area contributed by atoms with Crippen molar-refractivity contribution < 1.29 is 8.78 Å². The fraction of sp³-hybridized carbons (Fsp3) is 0.182. The summed E-state index contributed by atoms with van der Waals surface area (Å²) in [7, 11) is 0. The maximum atomic E-state index is 13.5. The molecule has 2 heterocycles. The Bertz CT molecular complexity index is 573. The van der Waals surface area contributed by atoms with Gasteiger partial charge in [-0.15, -0.1) is 11.3 Å². The first-order valence-corrected chi connectivity index (χ1v) is 6.30. The van der Waals surface area contributed by atoms with Crippen molar-refractivity contribution in [3.63, 3.8) is 0 Å². The monoisotopic (exact) mass is 289 g/mol. The minimum Gasteiger partial charge on any atom is -0.381 e. The molecule has 2 rings (SSSR count). The Morgan fingerprint density at radius 1 is 1.39 bits per heavy atom. The molecule has 2 aromatic rings. The van der Waals surface area contributed by atoms with Crippen LogP contribution >= 0.6 is 22.9 Å². The number of pyridine rings is 1. The quantitative estimate of drug-likeness (QED) is 0.903. The molecular weight excluding hydrogens is 280 g/mol. The van der Waals surface area contributed by atoms with Crippen LogP contribution in [-0.4, -0.2) is 4.98 Å². The lowest BCUT2D eigenvalue weighted by Gasteiger charge is -2.13. The number of thiophene rings is 1. The molecule has 3 nitrogen and oxygen atoms in total. The van der Waals surface area contributed by atoms with E-state index in [1.165, 1.54) is 11.3 Å². The van der Waals surface area contributed by atoms with Crippen LogP contribution in [-0.2, 0) is 0 Å². The summed E-state index contributed by atoms with van der Waals surface area (Å²) in [4.78, 5) is 4.55. The molecule has 2 aromatic heterocycles. The molecule has 0 aliphatic heterocycles. The van der Waals surface area contributed by atoms with Crippen molar-refractivity contribution in [3.8, 4) is 0 Å². The molecule has 0 spiro atoms. The zero-order chi connectivity index (χ0) is 13.3. The Kier molecular flexibility index (Phi) is 3.68. The first kappa shape index (κ1) is 13.0. The summed E-state index contributed by atoms with van der Waals surface area (Å²) < 4.78 is 27.1. The van der Waals surface area contributed by atoms with E-state index in [9.17, 15) is 8.78 Å². The molecule has 1 atom stereocenters. The minimum atomic E-state index is -0.870. The highest BCUT2D eigenvalue weighted by molar-refractivity contribution is 7.16. The van der Waals surface area contributed by atoms with Crippen LogP contribution in [0.2, 0.25) is 4.34 Å². The normalized spacial score (nSPS) is 12.4. The van der Waals surface area contributed by atoms with Crippen molar-refractivity contribution in [2.45, 2.75) is 13.0 Å². The van der Waals surface area contributed by atoms with Gasteiger partial charge in [-0.3, -0.25) is 0 Å². The van der Waals surface area contributed by atoms with Crippen molar-refractivity contribution in [1.82, 2.24) is 4.98 Å². The molecule has 0 aliphatic rings. The van der Waals surface area contributed by atoms with E-state index in [1.807, 2.05) is 13.0 Å². The zero-order valence-electron chi connectivity index (χ0n) is 9.38. The number of hydrogen-bond donors (Lipinski definition) is 2. The lowest BCUT2D eigenvalue weighted by atomic mass is 10.2. The lowest BCUT2D eigenvalue weighted by Crippen LogP contribution is -2.10. The van der Waals surface area contributed by atoms with Gasteiger partial charge >= 0.3 is 0 Å². The molecule has 0 bridgehead atoms. The number of nitrogen functional groups attached to an aromatic ring is 1. The van der Waals surface area contributed by atoms with Crippen LogP contribution in [0.3, 0.4) is 0 Å². The number of aromatic nitrogens is 1. The molecular formula is C11H10ClF2N3S. The Balaban J connectivity index is 2.21. The minimum absolute atomic E-state index is 0.0778. The van der Waals surface area contributed by atoms with Crippen molar-refractivity contribution >= 4 is 34.6 Å². The number of hydrogen-bond acceptors (Lipinski definition) is 4.